The van der Waals surface area contributed by atoms with Gasteiger partial charge in [0.1, 0.15) is 11.6 Å². The van der Waals surface area contributed by atoms with Crippen molar-refractivity contribution in [1.29, 1.82) is 0 Å². The summed E-state index contributed by atoms with van der Waals surface area (Å²) in [7, 11) is 0. The molecule has 1 aliphatic heterocycles. The number of nitrogens with one attached hydrogen (secondary N) is 1. The molecule has 0 radical (unpaired) electrons. The van der Waals surface area contributed by atoms with E-state index in [2.05, 4.69) is 15.6 Å². The second-order valence-electron chi connectivity index (χ2n) is 5.63. The quantitative estimate of drug-likeness (QED) is 0.934. The number of ether oxygens (including phenoxy) is 1. The molecule has 2 aromatic rings. The summed E-state index contributed by atoms with van der Waals surface area (Å²) >= 11 is 0. The largest absolute Gasteiger partial charge is 0.494 e. The van der Waals surface area contributed by atoms with Gasteiger partial charge in [-0.25, -0.2) is 13.9 Å². The maximum absolute atomic E-state index is 14.1. The van der Waals surface area contributed by atoms with Gasteiger partial charge in [-0.05, 0) is 31.9 Å². The Bertz CT molecular complexity index is 692. The summed E-state index contributed by atoms with van der Waals surface area (Å²) in [6, 6.07) is 4.20. The van der Waals surface area contributed by atoms with Crippen LogP contribution in [0.25, 0.3) is 0 Å². The summed E-state index contributed by atoms with van der Waals surface area (Å²) in [5.74, 6) is -0.0728. The van der Waals surface area contributed by atoms with Crippen LogP contribution in [0.2, 0.25) is 0 Å². The van der Waals surface area contributed by atoms with Gasteiger partial charge in [0.25, 0.3) is 0 Å². The van der Waals surface area contributed by atoms with E-state index < -0.39 is 5.82 Å². The number of carbonyl (C=O) groups is 1. The van der Waals surface area contributed by atoms with Crippen molar-refractivity contribution in [2.75, 3.05) is 25.0 Å². The fraction of sp³-hybridized carbons (Fsp3) is 0.438. The molecule has 0 aliphatic carbocycles. The number of amides is 2. The highest BCUT2D eigenvalue weighted by Gasteiger charge is 2.25. The van der Waals surface area contributed by atoms with Crippen LogP contribution in [0.3, 0.4) is 0 Å². The average Bonchev–Trinajstić information content (AvgIpc) is 3.12. The topological polar surface area (TPSA) is 72.3 Å². The molecule has 2 amide bonds. The third kappa shape index (κ3) is 3.64. The lowest BCUT2D eigenvalue weighted by molar-refractivity contribution is 0.174. The number of hydrogen-bond donors (Lipinski definition) is 1. The van der Waals surface area contributed by atoms with Crippen LogP contribution in [0.5, 0.6) is 5.75 Å². The molecule has 0 unspecified atom stereocenters. The number of nitrogens with zero attached hydrogens (tertiary/aromatic N) is 4. The van der Waals surface area contributed by atoms with Crippen LogP contribution in [-0.4, -0.2) is 45.6 Å². The van der Waals surface area contributed by atoms with E-state index in [-0.39, 0.29) is 17.8 Å². The molecule has 1 aliphatic rings. The van der Waals surface area contributed by atoms with Gasteiger partial charge in [-0.1, -0.05) is 5.21 Å². The van der Waals surface area contributed by atoms with Crippen molar-refractivity contribution in [3.05, 3.63) is 36.4 Å². The zero-order valence-electron chi connectivity index (χ0n) is 13.5. The summed E-state index contributed by atoms with van der Waals surface area (Å²) in [5, 5.41) is 10.4. The molecule has 7 nitrogen and oxygen atoms in total. The Kier molecular flexibility index (Phi) is 4.93. The first kappa shape index (κ1) is 16.2. The molecule has 1 N–H and O–H groups in total. The third-order valence-corrected chi connectivity index (χ3v) is 3.99. The number of aromatic nitrogens is 3. The van der Waals surface area contributed by atoms with E-state index in [1.165, 1.54) is 12.1 Å². The van der Waals surface area contributed by atoms with E-state index >= 15 is 0 Å². The van der Waals surface area contributed by atoms with Crippen molar-refractivity contribution in [2.45, 2.75) is 25.8 Å². The Balaban J connectivity index is 1.64. The van der Waals surface area contributed by atoms with Gasteiger partial charge in [0.15, 0.2) is 0 Å². The Morgan fingerprint density at radius 3 is 3.08 bits per heavy atom. The Hall–Kier alpha value is -2.64. The Morgan fingerprint density at radius 2 is 2.38 bits per heavy atom. The van der Waals surface area contributed by atoms with Crippen LogP contribution in [0.1, 0.15) is 25.8 Å². The minimum absolute atomic E-state index is 0.0946. The number of hydrogen-bond acceptors (Lipinski definition) is 4. The van der Waals surface area contributed by atoms with Gasteiger partial charge < -0.3 is 15.0 Å². The number of urea groups is 1. The van der Waals surface area contributed by atoms with E-state index in [1.807, 2.05) is 6.92 Å². The normalized spacial score (nSPS) is 17.6. The number of halogens is 1. The summed E-state index contributed by atoms with van der Waals surface area (Å²) in [4.78, 5) is 14.1. The number of anilines is 1. The first-order valence-electron chi connectivity index (χ1n) is 8.01. The number of benzene rings is 1. The number of rotatable bonds is 4. The van der Waals surface area contributed by atoms with E-state index in [0.29, 0.717) is 25.4 Å². The highest BCUT2D eigenvalue weighted by atomic mass is 19.1. The predicted molar refractivity (Wildman–Crippen MR) is 86.5 cm³/mol. The second kappa shape index (κ2) is 7.29. The molecule has 2 heterocycles. The fourth-order valence-electron chi connectivity index (χ4n) is 2.82. The van der Waals surface area contributed by atoms with Gasteiger partial charge in [0.05, 0.1) is 24.5 Å². The van der Waals surface area contributed by atoms with Crippen molar-refractivity contribution in [3.8, 4) is 5.75 Å². The summed E-state index contributed by atoms with van der Waals surface area (Å²) in [6.07, 6.45) is 5.21. The zero-order chi connectivity index (χ0) is 16.9. The van der Waals surface area contributed by atoms with Crippen LogP contribution in [0, 0.1) is 5.82 Å². The van der Waals surface area contributed by atoms with E-state index in [0.717, 1.165) is 12.8 Å². The first-order chi connectivity index (χ1) is 11.7. The molecule has 1 aromatic carbocycles. The lowest BCUT2D eigenvalue weighted by atomic mass is 10.1. The summed E-state index contributed by atoms with van der Waals surface area (Å²) in [6.45, 7) is 3.45. The van der Waals surface area contributed by atoms with Crippen molar-refractivity contribution in [1.82, 2.24) is 19.9 Å². The molecule has 1 saturated heterocycles. The molecule has 8 heteroatoms. The highest BCUT2D eigenvalue weighted by molar-refractivity contribution is 5.89. The number of likely N-dealkylation sites (tertiary alicyclic amines) is 1. The number of piperidine rings is 1. The van der Waals surface area contributed by atoms with Gasteiger partial charge in [-0.15, -0.1) is 5.10 Å². The van der Waals surface area contributed by atoms with E-state index in [4.69, 9.17) is 4.74 Å². The third-order valence-electron chi connectivity index (χ3n) is 3.99. The van der Waals surface area contributed by atoms with E-state index in [1.54, 1.807) is 28.0 Å². The Morgan fingerprint density at radius 1 is 1.50 bits per heavy atom. The van der Waals surface area contributed by atoms with Crippen LogP contribution in [0.4, 0.5) is 14.9 Å². The minimum Gasteiger partial charge on any atom is -0.494 e. The van der Waals surface area contributed by atoms with Crippen molar-refractivity contribution in [3.63, 3.8) is 0 Å². The summed E-state index contributed by atoms with van der Waals surface area (Å²) in [5.41, 5.74) is 0.145. The molecule has 1 aromatic heterocycles. The standard InChI is InChI=1S/C16H20FN5O2/c1-2-24-13-5-6-15(14(17)10-13)19-16(23)21-8-3-4-12(11-21)22-9-7-18-20-22/h5-7,9-10,12H,2-4,8,11H2,1H3,(H,19,23)/t12-/m1/s1. The molecule has 1 fully saturated rings. The van der Waals surface area contributed by atoms with Crippen molar-refractivity contribution in [2.24, 2.45) is 0 Å². The minimum atomic E-state index is -0.515. The van der Waals surface area contributed by atoms with Gasteiger partial charge in [-0.2, -0.15) is 0 Å². The molecule has 0 bridgehead atoms. The van der Waals surface area contributed by atoms with Crippen LogP contribution >= 0.6 is 0 Å². The molecule has 24 heavy (non-hydrogen) atoms. The molecule has 128 valence electrons. The maximum atomic E-state index is 14.1. The molecular weight excluding hydrogens is 313 g/mol. The van der Waals surface area contributed by atoms with Gasteiger partial charge >= 0.3 is 6.03 Å². The average molecular weight is 333 g/mol. The number of carbonyl (C=O) groups excluding carboxylic acids is 1. The maximum Gasteiger partial charge on any atom is 0.321 e. The summed E-state index contributed by atoms with van der Waals surface area (Å²) < 4.78 is 21.1. The van der Waals surface area contributed by atoms with Gasteiger partial charge in [-0.3, -0.25) is 0 Å². The smallest absolute Gasteiger partial charge is 0.321 e. The predicted octanol–water partition coefficient (Wildman–Crippen LogP) is 2.68. The lowest BCUT2D eigenvalue weighted by Gasteiger charge is -2.32. The van der Waals surface area contributed by atoms with Crippen molar-refractivity contribution >= 4 is 11.7 Å². The fourth-order valence-corrected chi connectivity index (χ4v) is 2.82. The lowest BCUT2D eigenvalue weighted by Crippen LogP contribution is -2.43. The van der Waals surface area contributed by atoms with Gasteiger partial charge in [0, 0.05) is 25.4 Å². The molecule has 0 spiro atoms. The monoisotopic (exact) mass is 333 g/mol. The molecule has 0 saturated carbocycles. The molecular formula is C16H20FN5O2. The van der Waals surface area contributed by atoms with Crippen LogP contribution in [0.15, 0.2) is 30.6 Å². The molecule has 1 atom stereocenters. The molecule has 3 rings (SSSR count). The second-order valence-corrected chi connectivity index (χ2v) is 5.63. The van der Waals surface area contributed by atoms with E-state index in [9.17, 15) is 9.18 Å². The van der Waals surface area contributed by atoms with Crippen LogP contribution in [-0.2, 0) is 0 Å². The SMILES string of the molecule is CCOc1ccc(NC(=O)N2CCC[C@@H](n3ccnn3)C2)c(F)c1. The zero-order valence-corrected chi connectivity index (χ0v) is 13.5. The van der Waals surface area contributed by atoms with Crippen LogP contribution < -0.4 is 10.1 Å². The van der Waals surface area contributed by atoms with Gasteiger partial charge in [0.2, 0.25) is 0 Å². The Labute approximate surface area is 139 Å². The van der Waals surface area contributed by atoms with Crippen molar-refractivity contribution < 1.29 is 13.9 Å². The highest BCUT2D eigenvalue weighted by Crippen LogP contribution is 2.23. The first-order valence-corrected chi connectivity index (χ1v) is 8.01.